The van der Waals surface area contributed by atoms with Gasteiger partial charge in [-0.1, -0.05) is 30.3 Å². The lowest BCUT2D eigenvalue weighted by Crippen LogP contribution is -2.62. The van der Waals surface area contributed by atoms with Crippen LogP contribution in [0.1, 0.15) is 12.0 Å². The summed E-state index contributed by atoms with van der Waals surface area (Å²) in [5.74, 6) is 0.700. The fourth-order valence-electron chi connectivity index (χ4n) is 2.11. The largest absolute Gasteiger partial charge is 0.342 e. The van der Waals surface area contributed by atoms with Crippen LogP contribution >= 0.6 is 11.8 Å². The lowest BCUT2D eigenvalue weighted by Gasteiger charge is -2.29. The normalized spacial score (nSPS) is 22.8. The van der Waals surface area contributed by atoms with Gasteiger partial charge in [0, 0.05) is 6.42 Å². The summed E-state index contributed by atoms with van der Waals surface area (Å²) in [6.07, 6.45) is 3.20. The third kappa shape index (κ3) is 3.73. The Balaban J connectivity index is 1.95. The van der Waals surface area contributed by atoms with Gasteiger partial charge in [-0.2, -0.15) is 11.8 Å². The maximum atomic E-state index is 12.0. The van der Waals surface area contributed by atoms with Crippen molar-refractivity contribution in [3.05, 3.63) is 35.9 Å². The minimum Gasteiger partial charge on any atom is -0.342 e. The van der Waals surface area contributed by atoms with E-state index in [0.29, 0.717) is 12.8 Å². The Morgan fingerprint density at radius 3 is 2.37 bits per heavy atom. The van der Waals surface area contributed by atoms with E-state index in [0.717, 1.165) is 11.3 Å². The van der Waals surface area contributed by atoms with Gasteiger partial charge >= 0.3 is 0 Å². The van der Waals surface area contributed by atoms with E-state index in [1.165, 1.54) is 0 Å². The van der Waals surface area contributed by atoms with Crippen LogP contribution in [0.5, 0.6) is 0 Å². The maximum absolute atomic E-state index is 12.0. The minimum absolute atomic E-state index is 0.0745. The Labute approximate surface area is 117 Å². The number of carbonyl (C=O) groups excluding carboxylic acids is 2. The van der Waals surface area contributed by atoms with Gasteiger partial charge in [0.25, 0.3) is 0 Å². The van der Waals surface area contributed by atoms with E-state index in [9.17, 15) is 9.59 Å². The molecule has 1 saturated heterocycles. The van der Waals surface area contributed by atoms with E-state index in [2.05, 4.69) is 10.6 Å². The van der Waals surface area contributed by atoms with Gasteiger partial charge < -0.3 is 10.6 Å². The Hall–Kier alpha value is -1.49. The molecule has 1 fully saturated rings. The number of nitrogens with one attached hydrogen (secondary N) is 2. The summed E-state index contributed by atoms with van der Waals surface area (Å²) in [5.41, 5.74) is 1.05. The molecule has 2 rings (SSSR count). The smallest absolute Gasteiger partial charge is 0.243 e. The number of hydrogen-bond donors (Lipinski definition) is 2. The molecule has 2 unspecified atom stereocenters. The highest BCUT2D eigenvalue weighted by molar-refractivity contribution is 7.98. The molecule has 1 aliphatic heterocycles. The molecule has 2 amide bonds. The SMILES string of the molecule is CSCCC1NC(=O)C(Cc2ccccc2)NC1=O. The van der Waals surface area contributed by atoms with Crippen molar-refractivity contribution in [3.8, 4) is 0 Å². The van der Waals surface area contributed by atoms with Crippen molar-refractivity contribution >= 4 is 23.6 Å². The molecule has 0 aromatic heterocycles. The molecule has 0 saturated carbocycles. The highest BCUT2D eigenvalue weighted by atomic mass is 32.2. The van der Waals surface area contributed by atoms with Crippen LogP contribution in [-0.2, 0) is 16.0 Å². The molecule has 1 aromatic rings. The number of piperazine rings is 1. The Kier molecular flexibility index (Phi) is 4.85. The molecule has 0 radical (unpaired) electrons. The van der Waals surface area contributed by atoms with Crippen LogP contribution in [0, 0.1) is 0 Å². The van der Waals surface area contributed by atoms with Crippen LogP contribution in [0.2, 0.25) is 0 Å². The molecule has 4 nitrogen and oxygen atoms in total. The van der Waals surface area contributed by atoms with Crippen molar-refractivity contribution in [2.75, 3.05) is 12.0 Å². The van der Waals surface area contributed by atoms with Crippen LogP contribution < -0.4 is 10.6 Å². The van der Waals surface area contributed by atoms with Gasteiger partial charge in [0.1, 0.15) is 12.1 Å². The van der Waals surface area contributed by atoms with E-state index in [-0.39, 0.29) is 17.9 Å². The van der Waals surface area contributed by atoms with E-state index in [1.54, 1.807) is 11.8 Å². The predicted octanol–water partition coefficient (Wildman–Crippen LogP) is 0.965. The lowest BCUT2D eigenvalue weighted by molar-refractivity contribution is -0.136. The fraction of sp³-hybridized carbons (Fsp3) is 0.429. The Bertz CT molecular complexity index is 450. The first-order chi connectivity index (χ1) is 9.20. The zero-order chi connectivity index (χ0) is 13.7. The van der Waals surface area contributed by atoms with Crippen molar-refractivity contribution < 1.29 is 9.59 Å². The summed E-state index contributed by atoms with van der Waals surface area (Å²) in [7, 11) is 0. The molecule has 2 atom stereocenters. The van der Waals surface area contributed by atoms with Crippen LogP contribution in [0.15, 0.2) is 30.3 Å². The Morgan fingerprint density at radius 2 is 1.68 bits per heavy atom. The van der Waals surface area contributed by atoms with Crippen molar-refractivity contribution in [3.63, 3.8) is 0 Å². The average molecular weight is 278 g/mol. The molecule has 0 bridgehead atoms. The summed E-state index contributed by atoms with van der Waals surface area (Å²) in [6.45, 7) is 0. The van der Waals surface area contributed by atoms with Gasteiger partial charge in [0.15, 0.2) is 0 Å². The molecule has 2 N–H and O–H groups in total. The van der Waals surface area contributed by atoms with Gasteiger partial charge in [0.05, 0.1) is 0 Å². The standard InChI is InChI=1S/C14H18N2O2S/c1-19-8-7-11-13(17)16-12(14(18)15-11)9-10-5-3-2-4-6-10/h2-6,11-12H,7-9H2,1H3,(H,15,18)(H,16,17). The van der Waals surface area contributed by atoms with Crippen LogP contribution in [0.4, 0.5) is 0 Å². The number of amides is 2. The van der Waals surface area contributed by atoms with Crippen molar-refractivity contribution in [2.45, 2.75) is 24.9 Å². The maximum Gasteiger partial charge on any atom is 0.243 e. The van der Waals surface area contributed by atoms with E-state index >= 15 is 0 Å². The predicted molar refractivity (Wildman–Crippen MR) is 77.0 cm³/mol. The van der Waals surface area contributed by atoms with Crippen LogP contribution in [0.3, 0.4) is 0 Å². The molecule has 19 heavy (non-hydrogen) atoms. The van der Waals surface area contributed by atoms with Gasteiger partial charge in [-0.15, -0.1) is 0 Å². The zero-order valence-corrected chi connectivity index (χ0v) is 11.7. The van der Waals surface area contributed by atoms with Gasteiger partial charge in [-0.25, -0.2) is 0 Å². The summed E-state index contributed by atoms with van der Waals surface area (Å²) in [4.78, 5) is 23.9. The first kappa shape index (κ1) is 13.9. The summed E-state index contributed by atoms with van der Waals surface area (Å²) >= 11 is 1.67. The second-order valence-corrected chi connectivity index (χ2v) is 5.58. The molecule has 102 valence electrons. The van der Waals surface area contributed by atoms with Crippen LogP contribution in [0.25, 0.3) is 0 Å². The number of thioether (sulfide) groups is 1. The van der Waals surface area contributed by atoms with E-state index < -0.39 is 6.04 Å². The molecule has 1 aromatic carbocycles. The number of rotatable bonds is 5. The molecule has 0 aliphatic carbocycles. The summed E-state index contributed by atoms with van der Waals surface area (Å²) in [6, 6.07) is 8.87. The highest BCUT2D eigenvalue weighted by Crippen LogP contribution is 2.09. The summed E-state index contributed by atoms with van der Waals surface area (Å²) in [5, 5.41) is 5.62. The van der Waals surface area contributed by atoms with E-state index in [4.69, 9.17) is 0 Å². The number of carbonyl (C=O) groups is 2. The zero-order valence-electron chi connectivity index (χ0n) is 10.9. The highest BCUT2D eigenvalue weighted by Gasteiger charge is 2.32. The molecule has 0 spiro atoms. The molecular formula is C14H18N2O2S. The average Bonchev–Trinajstić information content (AvgIpc) is 2.42. The Morgan fingerprint density at radius 1 is 1.05 bits per heavy atom. The van der Waals surface area contributed by atoms with Crippen molar-refractivity contribution in [1.82, 2.24) is 10.6 Å². The van der Waals surface area contributed by atoms with E-state index in [1.807, 2.05) is 36.6 Å². The van der Waals surface area contributed by atoms with Gasteiger partial charge in [0.2, 0.25) is 11.8 Å². The lowest BCUT2D eigenvalue weighted by atomic mass is 10.0. The van der Waals surface area contributed by atoms with Gasteiger partial charge in [-0.3, -0.25) is 9.59 Å². The van der Waals surface area contributed by atoms with Crippen LogP contribution in [-0.4, -0.2) is 35.9 Å². The third-order valence-corrected chi connectivity index (χ3v) is 3.80. The monoisotopic (exact) mass is 278 g/mol. The molecule has 1 aliphatic rings. The second-order valence-electron chi connectivity index (χ2n) is 4.59. The fourth-order valence-corrected chi connectivity index (χ4v) is 2.58. The quantitative estimate of drug-likeness (QED) is 0.843. The van der Waals surface area contributed by atoms with Crippen molar-refractivity contribution in [2.24, 2.45) is 0 Å². The first-order valence-corrected chi connectivity index (χ1v) is 7.73. The molecular weight excluding hydrogens is 260 g/mol. The second kappa shape index (κ2) is 6.61. The van der Waals surface area contributed by atoms with Crippen molar-refractivity contribution in [1.29, 1.82) is 0 Å². The minimum atomic E-state index is -0.458. The van der Waals surface area contributed by atoms with Gasteiger partial charge in [-0.05, 0) is 24.0 Å². The number of hydrogen-bond acceptors (Lipinski definition) is 3. The first-order valence-electron chi connectivity index (χ1n) is 6.34. The molecule has 5 heteroatoms. The molecule has 1 heterocycles. The third-order valence-electron chi connectivity index (χ3n) is 3.16. The summed E-state index contributed by atoms with van der Waals surface area (Å²) < 4.78 is 0. The topological polar surface area (TPSA) is 58.2 Å². The number of benzene rings is 1.